The van der Waals surface area contributed by atoms with Crippen LogP contribution in [0.15, 0.2) is 36.5 Å². The molecule has 0 aliphatic heterocycles. The van der Waals surface area contributed by atoms with Crippen LogP contribution in [0.2, 0.25) is 0 Å². The Morgan fingerprint density at radius 1 is 1.33 bits per heavy atom. The summed E-state index contributed by atoms with van der Waals surface area (Å²) in [7, 11) is 1.65. The van der Waals surface area contributed by atoms with Gasteiger partial charge in [0.05, 0.1) is 19.3 Å². The first-order valence-electron chi connectivity index (χ1n) is 6.18. The quantitative estimate of drug-likeness (QED) is 0.879. The summed E-state index contributed by atoms with van der Waals surface area (Å²) in [6, 6.07) is 9.79. The number of hydrogen-bond acceptors (Lipinski definition) is 3. The maximum atomic E-state index is 6.33. The smallest absolute Gasteiger partial charge is 0.161 e. The zero-order valence-electron chi connectivity index (χ0n) is 10.8. The van der Waals surface area contributed by atoms with Gasteiger partial charge in [-0.25, -0.2) is 0 Å². The highest BCUT2D eigenvalue weighted by molar-refractivity contribution is 5.35. The Kier molecular flexibility index (Phi) is 3.99. The van der Waals surface area contributed by atoms with Crippen LogP contribution in [0.3, 0.4) is 0 Å². The summed E-state index contributed by atoms with van der Waals surface area (Å²) in [5.74, 6) is 0.750. The minimum atomic E-state index is -0.213. The van der Waals surface area contributed by atoms with Gasteiger partial charge in [-0.15, -0.1) is 0 Å². The first-order chi connectivity index (χ1) is 8.77. The third-order valence-corrected chi connectivity index (χ3v) is 2.95. The summed E-state index contributed by atoms with van der Waals surface area (Å²) in [5, 5.41) is 4.33. The van der Waals surface area contributed by atoms with Gasteiger partial charge in [-0.3, -0.25) is 4.68 Å². The van der Waals surface area contributed by atoms with Crippen LogP contribution in [-0.2, 0) is 6.54 Å². The molecule has 2 rings (SSSR count). The summed E-state index contributed by atoms with van der Waals surface area (Å²) >= 11 is 0. The zero-order valence-corrected chi connectivity index (χ0v) is 10.8. The van der Waals surface area contributed by atoms with Crippen LogP contribution in [0.4, 0.5) is 0 Å². The number of benzene rings is 1. The predicted molar refractivity (Wildman–Crippen MR) is 71.5 cm³/mol. The van der Waals surface area contributed by atoms with E-state index in [9.17, 15) is 0 Å². The van der Waals surface area contributed by atoms with E-state index in [-0.39, 0.29) is 6.04 Å². The first kappa shape index (κ1) is 12.6. The summed E-state index contributed by atoms with van der Waals surface area (Å²) in [6.45, 7) is 2.96. The van der Waals surface area contributed by atoms with Gasteiger partial charge < -0.3 is 10.5 Å². The van der Waals surface area contributed by atoms with E-state index in [0.717, 1.165) is 30.0 Å². The van der Waals surface area contributed by atoms with Gasteiger partial charge >= 0.3 is 0 Å². The van der Waals surface area contributed by atoms with Gasteiger partial charge in [0.1, 0.15) is 5.69 Å². The van der Waals surface area contributed by atoms with Crippen LogP contribution in [0.1, 0.15) is 30.6 Å². The second-order valence-corrected chi connectivity index (χ2v) is 4.21. The molecule has 0 radical (unpaired) electrons. The monoisotopic (exact) mass is 245 g/mol. The molecule has 1 atom stereocenters. The van der Waals surface area contributed by atoms with Crippen LogP contribution in [-0.4, -0.2) is 16.9 Å². The Morgan fingerprint density at radius 3 is 2.67 bits per heavy atom. The van der Waals surface area contributed by atoms with Gasteiger partial charge in [0.25, 0.3) is 0 Å². The van der Waals surface area contributed by atoms with E-state index < -0.39 is 0 Å². The lowest BCUT2D eigenvalue weighted by atomic mass is 10.0. The van der Waals surface area contributed by atoms with Crippen molar-refractivity contribution in [1.29, 1.82) is 0 Å². The minimum Gasteiger partial charge on any atom is -0.493 e. The second kappa shape index (κ2) is 5.69. The van der Waals surface area contributed by atoms with Crippen LogP contribution in [0.25, 0.3) is 0 Å². The van der Waals surface area contributed by atoms with Gasteiger partial charge in [0.2, 0.25) is 0 Å². The summed E-state index contributed by atoms with van der Waals surface area (Å²) in [5.41, 5.74) is 8.33. The molecule has 18 heavy (non-hydrogen) atoms. The third kappa shape index (κ3) is 2.38. The normalized spacial score (nSPS) is 12.4. The van der Waals surface area contributed by atoms with Crippen molar-refractivity contribution in [3.05, 3.63) is 47.8 Å². The topological polar surface area (TPSA) is 53.1 Å². The summed E-state index contributed by atoms with van der Waals surface area (Å²) in [6.07, 6.45) is 2.74. The molecule has 1 heterocycles. The van der Waals surface area contributed by atoms with Crippen LogP contribution in [0, 0.1) is 0 Å². The molecule has 1 aromatic heterocycles. The fourth-order valence-corrected chi connectivity index (χ4v) is 2.06. The van der Waals surface area contributed by atoms with E-state index in [4.69, 9.17) is 10.5 Å². The first-order valence-corrected chi connectivity index (χ1v) is 6.18. The molecule has 0 saturated heterocycles. The lowest BCUT2D eigenvalue weighted by molar-refractivity contribution is 0.404. The van der Waals surface area contributed by atoms with Gasteiger partial charge in [0, 0.05) is 6.54 Å². The largest absolute Gasteiger partial charge is 0.493 e. The Labute approximate surface area is 107 Å². The van der Waals surface area contributed by atoms with E-state index in [1.807, 2.05) is 35.0 Å². The van der Waals surface area contributed by atoms with Crippen molar-refractivity contribution in [2.75, 3.05) is 7.11 Å². The highest BCUT2D eigenvalue weighted by Crippen LogP contribution is 2.28. The molecule has 0 bridgehead atoms. The fraction of sp³-hybridized carbons (Fsp3) is 0.357. The highest BCUT2D eigenvalue weighted by atomic mass is 16.5. The Balaban J connectivity index is 2.39. The molecule has 2 aromatic rings. The van der Waals surface area contributed by atoms with E-state index in [0.29, 0.717) is 0 Å². The molecule has 0 spiro atoms. The lowest BCUT2D eigenvalue weighted by Gasteiger charge is -2.15. The lowest BCUT2D eigenvalue weighted by Crippen LogP contribution is -2.18. The molecule has 0 aliphatic rings. The van der Waals surface area contributed by atoms with Crippen molar-refractivity contribution in [3.63, 3.8) is 0 Å². The average molecular weight is 245 g/mol. The standard InChI is InChI=1S/C14H19N3O/c1-3-9-17-14(12(18-2)10-16-17)13(15)11-7-5-4-6-8-11/h4-8,10,13H,3,9,15H2,1-2H3. The molecule has 96 valence electrons. The van der Waals surface area contributed by atoms with Gasteiger partial charge in [-0.05, 0) is 12.0 Å². The van der Waals surface area contributed by atoms with Gasteiger partial charge in [0.15, 0.2) is 5.75 Å². The van der Waals surface area contributed by atoms with Crippen molar-refractivity contribution in [3.8, 4) is 5.75 Å². The van der Waals surface area contributed by atoms with Crippen LogP contribution < -0.4 is 10.5 Å². The number of rotatable bonds is 5. The van der Waals surface area contributed by atoms with E-state index in [1.165, 1.54) is 0 Å². The molecule has 4 nitrogen and oxygen atoms in total. The maximum Gasteiger partial charge on any atom is 0.161 e. The third-order valence-electron chi connectivity index (χ3n) is 2.95. The number of ether oxygens (including phenoxy) is 1. The van der Waals surface area contributed by atoms with Gasteiger partial charge in [-0.2, -0.15) is 5.10 Å². The molecule has 1 unspecified atom stereocenters. The number of aromatic nitrogens is 2. The van der Waals surface area contributed by atoms with Crippen molar-refractivity contribution in [1.82, 2.24) is 9.78 Å². The maximum absolute atomic E-state index is 6.33. The number of nitrogens with two attached hydrogens (primary N) is 1. The fourth-order valence-electron chi connectivity index (χ4n) is 2.06. The zero-order chi connectivity index (χ0) is 13.0. The minimum absolute atomic E-state index is 0.213. The predicted octanol–water partition coefficient (Wildman–Crippen LogP) is 2.35. The molecule has 0 saturated carbocycles. The van der Waals surface area contributed by atoms with Crippen molar-refractivity contribution < 1.29 is 4.74 Å². The van der Waals surface area contributed by atoms with Gasteiger partial charge in [-0.1, -0.05) is 37.3 Å². The number of nitrogens with zero attached hydrogens (tertiary/aromatic N) is 2. The molecular weight excluding hydrogens is 226 g/mol. The number of hydrogen-bond donors (Lipinski definition) is 1. The van der Waals surface area contributed by atoms with E-state index in [2.05, 4.69) is 12.0 Å². The summed E-state index contributed by atoms with van der Waals surface area (Å²) < 4.78 is 7.28. The highest BCUT2D eigenvalue weighted by Gasteiger charge is 2.19. The Hall–Kier alpha value is -1.81. The number of methoxy groups -OCH3 is 1. The van der Waals surface area contributed by atoms with Crippen molar-refractivity contribution in [2.24, 2.45) is 5.73 Å². The molecule has 2 N–H and O–H groups in total. The van der Waals surface area contributed by atoms with E-state index in [1.54, 1.807) is 13.3 Å². The Bertz CT molecular complexity index is 493. The second-order valence-electron chi connectivity index (χ2n) is 4.21. The van der Waals surface area contributed by atoms with Crippen molar-refractivity contribution >= 4 is 0 Å². The van der Waals surface area contributed by atoms with E-state index >= 15 is 0 Å². The molecule has 0 fully saturated rings. The molecule has 0 amide bonds. The van der Waals surface area contributed by atoms with Crippen LogP contribution in [0.5, 0.6) is 5.75 Å². The van der Waals surface area contributed by atoms with Crippen LogP contribution >= 0.6 is 0 Å². The molecule has 4 heteroatoms. The molecule has 1 aromatic carbocycles. The summed E-state index contributed by atoms with van der Waals surface area (Å²) in [4.78, 5) is 0. The SMILES string of the molecule is CCCn1ncc(OC)c1C(N)c1ccccc1. The molecule has 0 aliphatic carbocycles. The molecular formula is C14H19N3O. The Morgan fingerprint density at radius 2 is 2.06 bits per heavy atom. The van der Waals surface area contributed by atoms with Crippen molar-refractivity contribution in [2.45, 2.75) is 25.9 Å². The number of aryl methyl sites for hydroxylation is 1. The average Bonchev–Trinajstić information content (AvgIpc) is 2.82.